The molecule has 0 aliphatic rings. The summed E-state index contributed by atoms with van der Waals surface area (Å²) in [6.07, 6.45) is 1.44. The topological polar surface area (TPSA) is 79.2 Å². The van der Waals surface area contributed by atoms with E-state index in [1.54, 1.807) is 73.7 Å². The van der Waals surface area contributed by atoms with Crippen LogP contribution in [0.3, 0.4) is 0 Å². The quantitative estimate of drug-likeness (QED) is 0.221. The lowest BCUT2D eigenvalue weighted by atomic mass is 10.1. The SMILES string of the molecule is Cc1cccc(Cl)c1NC(=O)/C(C#N)=C/c1ccc(OC(=O)c2ccc(Cl)cc2)cc1. The van der Waals surface area contributed by atoms with Gasteiger partial charge in [-0.1, -0.05) is 47.5 Å². The van der Waals surface area contributed by atoms with Crippen molar-refractivity contribution in [3.63, 3.8) is 0 Å². The number of aryl methyl sites for hydroxylation is 1. The Kier molecular flexibility index (Phi) is 7.09. The second-order valence-corrected chi connectivity index (χ2v) is 7.36. The van der Waals surface area contributed by atoms with Gasteiger partial charge in [-0.25, -0.2) is 4.79 Å². The van der Waals surface area contributed by atoms with E-state index in [1.165, 1.54) is 6.08 Å². The fourth-order valence-corrected chi connectivity index (χ4v) is 3.07. The molecule has 0 aliphatic heterocycles. The second kappa shape index (κ2) is 9.94. The molecule has 3 aromatic rings. The summed E-state index contributed by atoms with van der Waals surface area (Å²) in [6.45, 7) is 1.81. The van der Waals surface area contributed by atoms with Crippen molar-refractivity contribution >= 4 is 46.8 Å². The average Bonchev–Trinajstić information content (AvgIpc) is 2.76. The highest BCUT2D eigenvalue weighted by Crippen LogP contribution is 2.26. The number of hydrogen-bond donors (Lipinski definition) is 1. The third-order valence-corrected chi connectivity index (χ3v) is 4.87. The van der Waals surface area contributed by atoms with E-state index in [0.29, 0.717) is 32.6 Å². The van der Waals surface area contributed by atoms with Crippen molar-refractivity contribution in [3.05, 3.63) is 99.0 Å². The van der Waals surface area contributed by atoms with Crippen LogP contribution in [-0.2, 0) is 4.79 Å². The van der Waals surface area contributed by atoms with Crippen LogP contribution in [0.25, 0.3) is 6.08 Å². The van der Waals surface area contributed by atoms with E-state index in [4.69, 9.17) is 27.9 Å². The number of hydrogen-bond acceptors (Lipinski definition) is 4. The number of ether oxygens (including phenoxy) is 1. The number of anilines is 1. The first kappa shape index (κ1) is 22.1. The van der Waals surface area contributed by atoms with Crippen LogP contribution >= 0.6 is 23.2 Å². The average molecular weight is 451 g/mol. The summed E-state index contributed by atoms with van der Waals surface area (Å²) < 4.78 is 5.32. The minimum atomic E-state index is -0.572. The first-order valence-electron chi connectivity index (χ1n) is 9.13. The van der Waals surface area contributed by atoms with Gasteiger partial charge in [0.15, 0.2) is 0 Å². The van der Waals surface area contributed by atoms with Crippen LogP contribution in [0.15, 0.2) is 72.3 Å². The predicted octanol–water partition coefficient (Wildman–Crippen LogP) is 6.07. The summed E-state index contributed by atoms with van der Waals surface area (Å²) in [6, 6.07) is 19.9. The van der Waals surface area contributed by atoms with Crippen molar-refractivity contribution in [1.82, 2.24) is 0 Å². The molecule has 0 bridgehead atoms. The maximum absolute atomic E-state index is 12.5. The lowest BCUT2D eigenvalue weighted by Gasteiger charge is -2.09. The molecule has 1 amide bonds. The minimum Gasteiger partial charge on any atom is -0.423 e. The maximum Gasteiger partial charge on any atom is 0.343 e. The Morgan fingerprint density at radius 1 is 1.00 bits per heavy atom. The van der Waals surface area contributed by atoms with E-state index in [9.17, 15) is 14.9 Å². The summed E-state index contributed by atoms with van der Waals surface area (Å²) in [5, 5.41) is 13.0. The van der Waals surface area contributed by atoms with Gasteiger partial charge in [0.25, 0.3) is 5.91 Å². The van der Waals surface area contributed by atoms with Gasteiger partial charge in [-0.2, -0.15) is 5.26 Å². The third-order valence-electron chi connectivity index (χ3n) is 4.31. The normalized spacial score (nSPS) is 10.8. The monoisotopic (exact) mass is 450 g/mol. The highest BCUT2D eigenvalue weighted by atomic mass is 35.5. The fourth-order valence-electron chi connectivity index (χ4n) is 2.67. The maximum atomic E-state index is 12.5. The van der Waals surface area contributed by atoms with Crippen LogP contribution in [0.2, 0.25) is 10.0 Å². The number of carbonyl (C=O) groups excluding carboxylic acids is 2. The molecule has 0 aliphatic carbocycles. The number of amides is 1. The number of rotatable bonds is 5. The lowest BCUT2D eigenvalue weighted by molar-refractivity contribution is -0.112. The van der Waals surface area contributed by atoms with Gasteiger partial charge in [-0.05, 0) is 66.6 Å². The van der Waals surface area contributed by atoms with E-state index >= 15 is 0 Å². The molecular formula is C24H16Cl2N2O3. The van der Waals surface area contributed by atoms with E-state index in [2.05, 4.69) is 5.32 Å². The van der Waals surface area contributed by atoms with E-state index < -0.39 is 11.9 Å². The number of para-hydroxylation sites is 1. The molecule has 3 aromatic carbocycles. The number of nitrogens with zero attached hydrogens (tertiary/aromatic N) is 1. The van der Waals surface area contributed by atoms with Crippen LogP contribution in [0.4, 0.5) is 5.69 Å². The smallest absolute Gasteiger partial charge is 0.343 e. The van der Waals surface area contributed by atoms with Crippen molar-refractivity contribution in [2.45, 2.75) is 6.92 Å². The Hall–Kier alpha value is -3.59. The molecule has 0 atom stereocenters. The number of nitriles is 1. The van der Waals surface area contributed by atoms with Crippen molar-refractivity contribution < 1.29 is 14.3 Å². The Balaban J connectivity index is 1.71. The summed E-state index contributed by atoms with van der Waals surface area (Å²) >= 11 is 11.9. The molecule has 0 radical (unpaired) electrons. The van der Waals surface area contributed by atoms with E-state index in [0.717, 1.165) is 5.56 Å². The zero-order valence-corrected chi connectivity index (χ0v) is 17.9. The van der Waals surface area contributed by atoms with Crippen LogP contribution in [-0.4, -0.2) is 11.9 Å². The molecule has 31 heavy (non-hydrogen) atoms. The summed E-state index contributed by atoms with van der Waals surface area (Å²) in [5.74, 6) is -0.768. The molecule has 0 fully saturated rings. The molecule has 0 unspecified atom stereocenters. The number of esters is 1. The molecule has 5 nitrogen and oxygen atoms in total. The Labute approximate surface area is 189 Å². The zero-order chi connectivity index (χ0) is 22.4. The van der Waals surface area contributed by atoms with Gasteiger partial charge in [0.2, 0.25) is 0 Å². The molecule has 0 saturated heterocycles. The minimum absolute atomic E-state index is 0.0924. The first-order valence-corrected chi connectivity index (χ1v) is 9.89. The zero-order valence-electron chi connectivity index (χ0n) is 16.4. The van der Waals surface area contributed by atoms with Gasteiger partial charge in [-0.15, -0.1) is 0 Å². The standard InChI is InChI=1S/C24H16Cl2N2O3/c1-15-3-2-4-21(26)22(15)28-23(29)18(14-27)13-16-5-11-20(12-6-16)31-24(30)17-7-9-19(25)10-8-17/h2-13H,1H3,(H,28,29)/b18-13+. The van der Waals surface area contributed by atoms with Crippen molar-refractivity contribution in [2.75, 3.05) is 5.32 Å². The van der Waals surface area contributed by atoms with E-state index in [1.807, 2.05) is 6.07 Å². The van der Waals surface area contributed by atoms with Crippen LogP contribution in [0, 0.1) is 18.3 Å². The molecule has 0 spiro atoms. The Morgan fingerprint density at radius 2 is 1.68 bits per heavy atom. The van der Waals surface area contributed by atoms with Crippen LogP contribution < -0.4 is 10.1 Å². The van der Waals surface area contributed by atoms with Crippen LogP contribution in [0.1, 0.15) is 21.5 Å². The molecular weight excluding hydrogens is 435 g/mol. The summed E-state index contributed by atoms with van der Waals surface area (Å²) in [7, 11) is 0. The van der Waals surface area contributed by atoms with E-state index in [-0.39, 0.29) is 5.57 Å². The number of carbonyl (C=O) groups is 2. The van der Waals surface area contributed by atoms with Gasteiger partial charge < -0.3 is 10.1 Å². The van der Waals surface area contributed by atoms with Gasteiger partial charge in [-0.3, -0.25) is 4.79 Å². The molecule has 0 heterocycles. The van der Waals surface area contributed by atoms with Crippen LogP contribution in [0.5, 0.6) is 5.75 Å². The molecule has 0 saturated carbocycles. The van der Waals surface area contributed by atoms with Crippen molar-refractivity contribution in [2.24, 2.45) is 0 Å². The van der Waals surface area contributed by atoms with Gasteiger partial charge >= 0.3 is 5.97 Å². The first-order chi connectivity index (χ1) is 14.9. The Bertz CT molecular complexity index is 1170. The highest BCUT2D eigenvalue weighted by Gasteiger charge is 2.13. The number of nitrogens with one attached hydrogen (secondary N) is 1. The van der Waals surface area contributed by atoms with Crippen molar-refractivity contribution in [3.8, 4) is 11.8 Å². The fraction of sp³-hybridized carbons (Fsp3) is 0.0417. The van der Waals surface area contributed by atoms with Gasteiger partial charge in [0.05, 0.1) is 16.3 Å². The summed E-state index contributed by atoms with van der Waals surface area (Å²) in [5.41, 5.74) is 2.11. The molecule has 1 N–H and O–H groups in total. The lowest BCUT2D eigenvalue weighted by Crippen LogP contribution is -2.14. The Morgan fingerprint density at radius 3 is 2.29 bits per heavy atom. The summed E-state index contributed by atoms with van der Waals surface area (Å²) in [4.78, 5) is 24.7. The molecule has 3 rings (SSSR count). The second-order valence-electron chi connectivity index (χ2n) is 6.52. The third kappa shape index (κ3) is 5.73. The molecule has 0 aromatic heterocycles. The molecule has 154 valence electrons. The predicted molar refractivity (Wildman–Crippen MR) is 121 cm³/mol. The van der Waals surface area contributed by atoms with Gasteiger partial charge in [0.1, 0.15) is 17.4 Å². The van der Waals surface area contributed by atoms with Crippen molar-refractivity contribution in [1.29, 1.82) is 5.26 Å². The van der Waals surface area contributed by atoms with Gasteiger partial charge in [0, 0.05) is 5.02 Å². The highest BCUT2D eigenvalue weighted by molar-refractivity contribution is 6.34. The largest absolute Gasteiger partial charge is 0.423 e. The number of benzene rings is 3. The molecule has 7 heteroatoms. The number of halogens is 2.